The van der Waals surface area contributed by atoms with Crippen LogP contribution in [-0.2, 0) is 0 Å². The molecule has 0 aromatic heterocycles. The molecule has 66 valence electrons. The SMILES string of the molecule is CC(CBr)CN1CCC(C)C1. The van der Waals surface area contributed by atoms with Gasteiger partial charge in [-0.1, -0.05) is 29.8 Å². The lowest BCUT2D eigenvalue weighted by molar-refractivity contribution is 0.292. The standard InChI is InChI=1S/C9H18BrN/c1-8-3-4-11(6-8)7-9(2)5-10/h8-9H,3-7H2,1-2H3. The Labute approximate surface area is 78.3 Å². The molecule has 2 unspecified atom stereocenters. The van der Waals surface area contributed by atoms with Crippen LogP contribution in [-0.4, -0.2) is 29.9 Å². The molecule has 0 radical (unpaired) electrons. The Balaban J connectivity index is 2.17. The van der Waals surface area contributed by atoms with E-state index < -0.39 is 0 Å². The lowest BCUT2D eigenvalue weighted by atomic mass is 10.2. The highest BCUT2D eigenvalue weighted by Gasteiger charge is 2.19. The molecule has 1 heterocycles. The second-order valence-electron chi connectivity index (χ2n) is 3.91. The van der Waals surface area contributed by atoms with Crippen molar-refractivity contribution in [2.45, 2.75) is 20.3 Å². The molecule has 0 bridgehead atoms. The Hall–Kier alpha value is 0.440. The lowest BCUT2D eigenvalue weighted by Crippen LogP contribution is -2.26. The third-order valence-electron chi connectivity index (χ3n) is 2.34. The molecule has 1 aliphatic rings. The van der Waals surface area contributed by atoms with Crippen molar-refractivity contribution in [3.05, 3.63) is 0 Å². The van der Waals surface area contributed by atoms with Crippen molar-refractivity contribution in [3.63, 3.8) is 0 Å². The van der Waals surface area contributed by atoms with Crippen LogP contribution in [0.15, 0.2) is 0 Å². The Morgan fingerprint density at radius 2 is 2.36 bits per heavy atom. The van der Waals surface area contributed by atoms with Crippen LogP contribution < -0.4 is 0 Å². The number of alkyl halides is 1. The molecule has 0 N–H and O–H groups in total. The quantitative estimate of drug-likeness (QED) is 0.660. The molecule has 0 aromatic carbocycles. The third kappa shape index (κ3) is 3.12. The van der Waals surface area contributed by atoms with Crippen LogP contribution in [0.5, 0.6) is 0 Å². The summed E-state index contributed by atoms with van der Waals surface area (Å²) in [5.41, 5.74) is 0. The summed E-state index contributed by atoms with van der Waals surface area (Å²) in [4.78, 5) is 2.58. The van der Waals surface area contributed by atoms with Crippen molar-refractivity contribution >= 4 is 15.9 Å². The molecule has 0 aliphatic carbocycles. The molecule has 0 spiro atoms. The minimum absolute atomic E-state index is 0.806. The summed E-state index contributed by atoms with van der Waals surface area (Å²) in [5.74, 6) is 1.73. The molecule has 0 aromatic rings. The van der Waals surface area contributed by atoms with Gasteiger partial charge in [-0.3, -0.25) is 0 Å². The molecule has 1 rings (SSSR count). The van der Waals surface area contributed by atoms with Crippen LogP contribution in [0.25, 0.3) is 0 Å². The van der Waals surface area contributed by atoms with E-state index in [1.807, 2.05) is 0 Å². The van der Waals surface area contributed by atoms with Crippen LogP contribution in [0.2, 0.25) is 0 Å². The highest BCUT2D eigenvalue weighted by Crippen LogP contribution is 2.16. The predicted molar refractivity (Wildman–Crippen MR) is 53.2 cm³/mol. The van der Waals surface area contributed by atoms with E-state index in [4.69, 9.17) is 0 Å². The van der Waals surface area contributed by atoms with Gasteiger partial charge in [0.2, 0.25) is 0 Å². The minimum atomic E-state index is 0.806. The summed E-state index contributed by atoms with van der Waals surface area (Å²) < 4.78 is 0. The average molecular weight is 220 g/mol. The van der Waals surface area contributed by atoms with E-state index in [9.17, 15) is 0 Å². The maximum atomic E-state index is 3.51. The van der Waals surface area contributed by atoms with Crippen LogP contribution in [0.4, 0.5) is 0 Å². The summed E-state index contributed by atoms with van der Waals surface area (Å²) in [6.45, 7) is 8.56. The van der Waals surface area contributed by atoms with Gasteiger partial charge in [0.05, 0.1) is 0 Å². The van der Waals surface area contributed by atoms with Crippen molar-refractivity contribution in [1.29, 1.82) is 0 Å². The fourth-order valence-electron chi connectivity index (χ4n) is 1.68. The molecule has 0 saturated carbocycles. The van der Waals surface area contributed by atoms with Crippen LogP contribution in [0, 0.1) is 11.8 Å². The number of hydrogen-bond acceptors (Lipinski definition) is 1. The van der Waals surface area contributed by atoms with Gasteiger partial charge in [-0.05, 0) is 24.8 Å². The van der Waals surface area contributed by atoms with E-state index in [0.717, 1.165) is 17.2 Å². The topological polar surface area (TPSA) is 3.24 Å². The molecule has 11 heavy (non-hydrogen) atoms. The second-order valence-corrected chi connectivity index (χ2v) is 4.56. The van der Waals surface area contributed by atoms with Gasteiger partial charge in [-0.2, -0.15) is 0 Å². The maximum Gasteiger partial charge on any atom is 0.00692 e. The third-order valence-corrected chi connectivity index (χ3v) is 3.45. The monoisotopic (exact) mass is 219 g/mol. The first-order valence-corrected chi connectivity index (χ1v) is 5.63. The van der Waals surface area contributed by atoms with E-state index in [1.54, 1.807) is 0 Å². The summed E-state index contributed by atoms with van der Waals surface area (Å²) in [6, 6.07) is 0. The van der Waals surface area contributed by atoms with Gasteiger partial charge >= 0.3 is 0 Å². The van der Waals surface area contributed by atoms with Gasteiger partial charge in [0.1, 0.15) is 0 Å². The van der Waals surface area contributed by atoms with E-state index in [2.05, 4.69) is 34.7 Å². The number of likely N-dealkylation sites (tertiary alicyclic amines) is 1. The number of halogens is 1. The highest BCUT2D eigenvalue weighted by atomic mass is 79.9. The van der Waals surface area contributed by atoms with Crippen LogP contribution >= 0.6 is 15.9 Å². The zero-order valence-electron chi connectivity index (χ0n) is 7.52. The highest BCUT2D eigenvalue weighted by molar-refractivity contribution is 9.09. The largest absolute Gasteiger partial charge is 0.303 e. The first kappa shape index (κ1) is 9.53. The van der Waals surface area contributed by atoms with Crippen molar-refractivity contribution in [2.24, 2.45) is 11.8 Å². The smallest absolute Gasteiger partial charge is 0.00692 e. The first-order chi connectivity index (χ1) is 5.22. The molecule has 1 fully saturated rings. The zero-order valence-corrected chi connectivity index (χ0v) is 9.10. The van der Waals surface area contributed by atoms with Crippen LogP contribution in [0.1, 0.15) is 20.3 Å². The Bertz CT molecular complexity index is 116. The molecule has 2 heteroatoms. The number of hydrogen-bond donors (Lipinski definition) is 0. The Morgan fingerprint density at radius 1 is 1.64 bits per heavy atom. The van der Waals surface area contributed by atoms with E-state index in [-0.39, 0.29) is 0 Å². The summed E-state index contributed by atoms with van der Waals surface area (Å²) in [7, 11) is 0. The second kappa shape index (κ2) is 4.46. The van der Waals surface area contributed by atoms with Gasteiger partial charge in [0.25, 0.3) is 0 Å². The van der Waals surface area contributed by atoms with Crippen molar-refractivity contribution < 1.29 is 0 Å². The molecule has 1 aliphatic heterocycles. The summed E-state index contributed by atoms with van der Waals surface area (Å²) >= 11 is 3.51. The molecule has 1 nitrogen and oxygen atoms in total. The molecule has 0 amide bonds. The van der Waals surface area contributed by atoms with Gasteiger partial charge in [-0.25, -0.2) is 0 Å². The molecule has 1 saturated heterocycles. The van der Waals surface area contributed by atoms with Crippen molar-refractivity contribution in [2.75, 3.05) is 25.0 Å². The van der Waals surface area contributed by atoms with Gasteiger partial charge < -0.3 is 4.90 Å². The van der Waals surface area contributed by atoms with Gasteiger partial charge in [0, 0.05) is 18.4 Å². The van der Waals surface area contributed by atoms with E-state index >= 15 is 0 Å². The molecular formula is C9H18BrN. The number of nitrogens with zero attached hydrogens (tertiary/aromatic N) is 1. The zero-order chi connectivity index (χ0) is 8.27. The molecular weight excluding hydrogens is 202 g/mol. The van der Waals surface area contributed by atoms with Crippen molar-refractivity contribution in [3.8, 4) is 0 Å². The average Bonchev–Trinajstić information content (AvgIpc) is 2.35. The molecule has 2 atom stereocenters. The maximum absolute atomic E-state index is 3.51. The Morgan fingerprint density at radius 3 is 2.82 bits per heavy atom. The Kier molecular flexibility index (Phi) is 3.86. The lowest BCUT2D eigenvalue weighted by Gasteiger charge is -2.18. The van der Waals surface area contributed by atoms with Gasteiger partial charge in [-0.15, -0.1) is 0 Å². The van der Waals surface area contributed by atoms with E-state index in [0.29, 0.717) is 0 Å². The predicted octanol–water partition coefficient (Wildman–Crippen LogP) is 2.36. The minimum Gasteiger partial charge on any atom is -0.303 e. The normalized spacial score (nSPS) is 29.2. The fourth-order valence-corrected chi connectivity index (χ4v) is 1.89. The van der Waals surface area contributed by atoms with Gasteiger partial charge in [0.15, 0.2) is 0 Å². The summed E-state index contributed by atoms with van der Waals surface area (Å²) in [5, 5.41) is 1.14. The van der Waals surface area contributed by atoms with E-state index in [1.165, 1.54) is 26.1 Å². The van der Waals surface area contributed by atoms with Crippen LogP contribution in [0.3, 0.4) is 0 Å². The number of rotatable bonds is 3. The summed E-state index contributed by atoms with van der Waals surface area (Å²) in [6.07, 6.45) is 1.40. The van der Waals surface area contributed by atoms with Crippen molar-refractivity contribution in [1.82, 2.24) is 4.90 Å². The fraction of sp³-hybridized carbons (Fsp3) is 1.00. The first-order valence-electron chi connectivity index (χ1n) is 4.50.